The lowest BCUT2D eigenvalue weighted by molar-refractivity contribution is -0.121. The van der Waals surface area contributed by atoms with Gasteiger partial charge in [0, 0.05) is 43.7 Å². The molecule has 7 heteroatoms. The maximum absolute atomic E-state index is 12.3. The number of hydrogen-bond donors (Lipinski definition) is 1. The molecule has 166 valence electrons. The highest BCUT2D eigenvalue weighted by atomic mass is 35.5. The lowest BCUT2D eigenvalue weighted by atomic mass is 9.90. The summed E-state index contributed by atoms with van der Waals surface area (Å²) in [4.78, 5) is 28.6. The van der Waals surface area contributed by atoms with Crippen molar-refractivity contribution in [3.63, 3.8) is 0 Å². The minimum atomic E-state index is -0.185. The maximum atomic E-state index is 12.3. The zero-order chi connectivity index (χ0) is 21.3. The Morgan fingerprint density at radius 3 is 2.67 bits per heavy atom. The van der Waals surface area contributed by atoms with Crippen LogP contribution in [0.3, 0.4) is 0 Å². The van der Waals surface area contributed by atoms with Gasteiger partial charge in [-0.3, -0.25) is 9.69 Å². The highest BCUT2D eigenvalue weighted by Gasteiger charge is 2.30. The number of rotatable bonds is 7. The van der Waals surface area contributed by atoms with Crippen LogP contribution in [0.15, 0.2) is 24.3 Å². The van der Waals surface area contributed by atoms with Crippen molar-refractivity contribution in [1.29, 1.82) is 0 Å². The molecule has 1 N–H and O–H groups in total. The van der Waals surface area contributed by atoms with Crippen LogP contribution in [0.4, 0.5) is 4.79 Å². The molecule has 1 aromatic carbocycles. The topological polar surface area (TPSA) is 61.9 Å². The van der Waals surface area contributed by atoms with Crippen LogP contribution in [0.5, 0.6) is 0 Å². The number of carbonyl (C=O) groups is 2. The monoisotopic (exact) mass is 435 g/mol. The molecule has 0 saturated carbocycles. The van der Waals surface area contributed by atoms with E-state index >= 15 is 0 Å². The summed E-state index contributed by atoms with van der Waals surface area (Å²) < 4.78 is 5.12. The molecule has 2 aliphatic heterocycles. The Morgan fingerprint density at radius 1 is 1.17 bits per heavy atom. The molecular formula is C23H34ClN3O3. The van der Waals surface area contributed by atoms with E-state index in [4.69, 9.17) is 16.3 Å². The van der Waals surface area contributed by atoms with Crippen molar-refractivity contribution in [2.75, 3.05) is 32.8 Å². The molecule has 2 heterocycles. The van der Waals surface area contributed by atoms with Crippen molar-refractivity contribution in [3.8, 4) is 0 Å². The van der Waals surface area contributed by atoms with E-state index in [2.05, 4.69) is 10.2 Å². The van der Waals surface area contributed by atoms with E-state index in [1.165, 1.54) is 12.8 Å². The first-order valence-corrected chi connectivity index (χ1v) is 11.6. The maximum Gasteiger partial charge on any atom is 0.409 e. The molecule has 3 rings (SSSR count). The largest absolute Gasteiger partial charge is 0.450 e. The molecule has 30 heavy (non-hydrogen) atoms. The SMILES string of the molecule is CCOC(=O)N1CCC(N2CCC[C@H](CCC(=O)NCc3ccccc3Cl)C2)CC1. The minimum Gasteiger partial charge on any atom is -0.450 e. The van der Waals surface area contributed by atoms with Gasteiger partial charge < -0.3 is 15.0 Å². The zero-order valence-electron chi connectivity index (χ0n) is 17.9. The molecule has 1 atom stereocenters. The number of amides is 2. The molecule has 2 fully saturated rings. The van der Waals surface area contributed by atoms with Crippen LogP contribution in [0, 0.1) is 5.92 Å². The number of likely N-dealkylation sites (tertiary alicyclic amines) is 2. The van der Waals surface area contributed by atoms with Crippen LogP contribution in [-0.2, 0) is 16.1 Å². The first kappa shape index (κ1) is 22.9. The fourth-order valence-corrected chi connectivity index (χ4v) is 4.75. The van der Waals surface area contributed by atoms with Crippen molar-refractivity contribution in [3.05, 3.63) is 34.9 Å². The number of nitrogens with zero attached hydrogens (tertiary/aromatic N) is 2. The van der Waals surface area contributed by atoms with Crippen molar-refractivity contribution >= 4 is 23.6 Å². The lowest BCUT2D eigenvalue weighted by Gasteiger charge is -2.42. The second kappa shape index (κ2) is 11.6. The lowest BCUT2D eigenvalue weighted by Crippen LogP contribution is -2.49. The van der Waals surface area contributed by atoms with Crippen molar-refractivity contribution in [2.45, 2.75) is 58.0 Å². The second-order valence-corrected chi connectivity index (χ2v) is 8.73. The van der Waals surface area contributed by atoms with Gasteiger partial charge in [0.15, 0.2) is 0 Å². The number of halogens is 1. The van der Waals surface area contributed by atoms with Gasteiger partial charge in [-0.15, -0.1) is 0 Å². The van der Waals surface area contributed by atoms with Crippen LogP contribution in [0.2, 0.25) is 5.02 Å². The zero-order valence-corrected chi connectivity index (χ0v) is 18.7. The molecule has 0 radical (unpaired) electrons. The molecule has 0 spiro atoms. The predicted octanol–water partition coefficient (Wildman–Crippen LogP) is 4.07. The Bertz CT molecular complexity index is 707. The minimum absolute atomic E-state index is 0.0924. The highest BCUT2D eigenvalue weighted by Crippen LogP contribution is 2.26. The Hall–Kier alpha value is -1.79. The van der Waals surface area contributed by atoms with Crippen molar-refractivity contribution < 1.29 is 14.3 Å². The van der Waals surface area contributed by atoms with Gasteiger partial charge in [0.25, 0.3) is 0 Å². The summed E-state index contributed by atoms with van der Waals surface area (Å²) in [7, 11) is 0. The number of piperidine rings is 2. The number of ether oxygens (including phenoxy) is 1. The van der Waals surface area contributed by atoms with Gasteiger partial charge in [0.05, 0.1) is 6.61 Å². The standard InChI is InChI=1S/C23H34ClN3O3/c1-2-30-23(29)26-14-11-20(12-15-26)27-13-5-6-18(17-27)9-10-22(28)25-16-19-7-3-4-8-21(19)24/h3-4,7-8,18,20H,2,5-6,9-17H2,1H3,(H,25,28)/t18-/m1/s1. The molecule has 0 unspecified atom stereocenters. The Morgan fingerprint density at radius 2 is 1.93 bits per heavy atom. The number of benzene rings is 1. The van der Waals surface area contributed by atoms with E-state index < -0.39 is 0 Å². The van der Waals surface area contributed by atoms with E-state index in [1.807, 2.05) is 36.1 Å². The summed E-state index contributed by atoms with van der Waals surface area (Å²) in [6.45, 7) is 6.48. The van der Waals surface area contributed by atoms with Gasteiger partial charge in [-0.05, 0) is 63.1 Å². The van der Waals surface area contributed by atoms with E-state index in [0.29, 0.717) is 36.6 Å². The van der Waals surface area contributed by atoms with E-state index in [1.54, 1.807) is 0 Å². The van der Waals surface area contributed by atoms with Gasteiger partial charge >= 0.3 is 6.09 Å². The summed E-state index contributed by atoms with van der Waals surface area (Å²) in [6.07, 6.45) is 5.68. The van der Waals surface area contributed by atoms with Crippen molar-refractivity contribution in [2.24, 2.45) is 5.92 Å². The quantitative estimate of drug-likeness (QED) is 0.701. The molecule has 0 aliphatic carbocycles. The first-order chi connectivity index (χ1) is 14.6. The van der Waals surface area contributed by atoms with Crippen molar-refractivity contribution in [1.82, 2.24) is 15.1 Å². The average Bonchev–Trinajstić information content (AvgIpc) is 2.77. The summed E-state index contributed by atoms with van der Waals surface area (Å²) in [5.74, 6) is 0.655. The van der Waals surface area contributed by atoms with Crippen LogP contribution in [0.25, 0.3) is 0 Å². The molecule has 2 amide bonds. The molecule has 1 aromatic rings. The van der Waals surface area contributed by atoms with Crippen LogP contribution in [0.1, 0.15) is 51.0 Å². The fraction of sp³-hybridized carbons (Fsp3) is 0.652. The third-order valence-corrected chi connectivity index (χ3v) is 6.64. The number of carbonyl (C=O) groups excluding carboxylic acids is 2. The van der Waals surface area contributed by atoms with Gasteiger partial charge in [-0.25, -0.2) is 4.79 Å². The van der Waals surface area contributed by atoms with Gasteiger partial charge in [-0.2, -0.15) is 0 Å². The van der Waals surface area contributed by atoms with E-state index in [-0.39, 0.29) is 12.0 Å². The number of nitrogens with one attached hydrogen (secondary N) is 1. The normalized spacial score (nSPS) is 20.7. The van der Waals surface area contributed by atoms with E-state index in [9.17, 15) is 9.59 Å². The Kier molecular flexibility index (Phi) is 8.82. The summed E-state index contributed by atoms with van der Waals surface area (Å²) in [5.41, 5.74) is 0.950. The first-order valence-electron chi connectivity index (χ1n) is 11.2. The van der Waals surface area contributed by atoms with E-state index in [0.717, 1.165) is 51.0 Å². The average molecular weight is 436 g/mol. The predicted molar refractivity (Wildman–Crippen MR) is 118 cm³/mol. The Labute approximate surface area is 184 Å². The molecule has 0 aromatic heterocycles. The third-order valence-electron chi connectivity index (χ3n) is 6.27. The third kappa shape index (κ3) is 6.61. The molecule has 6 nitrogen and oxygen atoms in total. The highest BCUT2D eigenvalue weighted by molar-refractivity contribution is 6.31. The summed E-state index contributed by atoms with van der Waals surface area (Å²) >= 11 is 6.15. The molecule has 0 bridgehead atoms. The van der Waals surface area contributed by atoms with Crippen LogP contribution in [-0.4, -0.2) is 60.6 Å². The van der Waals surface area contributed by atoms with Crippen LogP contribution < -0.4 is 5.32 Å². The smallest absolute Gasteiger partial charge is 0.409 e. The number of hydrogen-bond acceptors (Lipinski definition) is 4. The summed E-state index contributed by atoms with van der Waals surface area (Å²) in [5, 5.41) is 3.68. The van der Waals surface area contributed by atoms with Gasteiger partial charge in [0.1, 0.15) is 0 Å². The summed E-state index contributed by atoms with van der Waals surface area (Å²) in [6, 6.07) is 8.14. The molecule has 2 saturated heterocycles. The second-order valence-electron chi connectivity index (χ2n) is 8.33. The van der Waals surface area contributed by atoms with Gasteiger partial charge in [0.2, 0.25) is 5.91 Å². The van der Waals surface area contributed by atoms with Crippen LogP contribution >= 0.6 is 11.6 Å². The molecular weight excluding hydrogens is 402 g/mol. The Balaban J connectivity index is 1.37. The van der Waals surface area contributed by atoms with Gasteiger partial charge in [-0.1, -0.05) is 29.8 Å². The molecule has 2 aliphatic rings. The fourth-order valence-electron chi connectivity index (χ4n) is 4.55.